The zero-order valence-corrected chi connectivity index (χ0v) is 10.5. The second kappa shape index (κ2) is 5.29. The highest BCUT2D eigenvalue weighted by molar-refractivity contribution is 5.49. The number of hydrogen-bond acceptors (Lipinski definition) is 6. The first-order chi connectivity index (χ1) is 8.24. The topological polar surface area (TPSA) is 70.3 Å². The van der Waals surface area contributed by atoms with Crippen LogP contribution in [0.2, 0.25) is 0 Å². The van der Waals surface area contributed by atoms with Crippen LogP contribution in [-0.4, -0.2) is 47.6 Å². The number of aromatic nitrogens is 2. The molecule has 1 aromatic rings. The molecule has 0 radical (unpaired) electrons. The molecule has 1 fully saturated rings. The molecule has 1 saturated heterocycles. The van der Waals surface area contributed by atoms with E-state index in [2.05, 4.69) is 32.1 Å². The van der Waals surface area contributed by atoms with Crippen LogP contribution in [0.5, 0.6) is 0 Å². The Morgan fingerprint density at radius 3 is 2.65 bits per heavy atom. The number of nitrogens with two attached hydrogens (primary N) is 1. The van der Waals surface area contributed by atoms with Crippen molar-refractivity contribution in [2.75, 3.05) is 43.0 Å². The number of likely N-dealkylation sites (N-methyl/N-ethyl adjacent to an activating group) is 1. The highest BCUT2D eigenvalue weighted by Gasteiger charge is 2.18. The van der Waals surface area contributed by atoms with Crippen LogP contribution in [0, 0.1) is 6.92 Å². The first-order valence-corrected chi connectivity index (χ1v) is 6.02. The number of piperazine rings is 1. The van der Waals surface area contributed by atoms with Crippen LogP contribution < -0.4 is 16.2 Å². The van der Waals surface area contributed by atoms with E-state index in [1.165, 1.54) is 0 Å². The fourth-order valence-electron chi connectivity index (χ4n) is 2.10. The maximum absolute atomic E-state index is 5.34. The lowest BCUT2D eigenvalue weighted by atomic mass is 10.2. The molecule has 1 aliphatic heterocycles. The van der Waals surface area contributed by atoms with Gasteiger partial charge in [-0.15, -0.1) is 0 Å². The van der Waals surface area contributed by atoms with E-state index in [1.807, 2.05) is 13.1 Å². The minimum absolute atomic E-state index is 0.475. The monoisotopic (exact) mass is 236 g/mol. The van der Waals surface area contributed by atoms with E-state index in [1.54, 1.807) is 0 Å². The van der Waals surface area contributed by atoms with Crippen molar-refractivity contribution in [3.63, 3.8) is 0 Å². The maximum atomic E-state index is 5.34. The van der Waals surface area contributed by atoms with E-state index in [-0.39, 0.29) is 0 Å². The number of hydrazine groups is 1. The number of anilines is 2. The van der Waals surface area contributed by atoms with Gasteiger partial charge in [-0.05, 0) is 13.5 Å². The lowest BCUT2D eigenvalue weighted by molar-refractivity contribution is 0.270. The number of nitrogen functional groups attached to an aromatic ring is 1. The Morgan fingerprint density at radius 2 is 2.06 bits per heavy atom. The normalized spacial score (nSPS) is 17.2. The molecule has 0 aromatic carbocycles. The van der Waals surface area contributed by atoms with Crippen molar-refractivity contribution in [3.8, 4) is 0 Å². The van der Waals surface area contributed by atoms with E-state index < -0.39 is 0 Å². The third kappa shape index (κ3) is 2.65. The molecule has 2 heterocycles. The zero-order valence-electron chi connectivity index (χ0n) is 10.5. The van der Waals surface area contributed by atoms with Crippen LogP contribution in [0.1, 0.15) is 12.5 Å². The molecular weight excluding hydrogens is 216 g/mol. The van der Waals surface area contributed by atoms with Crippen molar-refractivity contribution in [1.29, 1.82) is 0 Å². The molecule has 3 N–H and O–H groups in total. The largest absolute Gasteiger partial charge is 0.354 e. The first kappa shape index (κ1) is 12.1. The van der Waals surface area contributed by atoms with Crippen molar-refractivity contribution in [2.24, 2.45) is 5.84 Å². The van der Waals surface area contributed by atoms with Crippen molar-refractivity contribution in [1.82, 2.24) is 14.9 Å². The summed E-state index contributed by atoms with van der Waals surface area (Å²) < 4.78 is 0. The van der Waals surface area contributed by atoms with Gasteiger partial charge in [-0.3, -0.25) is 5.43 Å². The van der Waals surface area contributed by atoms with E-state index in [0.717, 1.165) is 44.1 Å². The SMILES string of the molecule is CCN1CCN(c2nc(NN)ncc2C)CC1. The Labute approximate surface area is 102 Å². The molecule has 0 bridgehead atoms. The van der Waals surface area contributed by atoms with Crippen LogP contribution in [0.25, 0.3) is 0 Å². The quantitative estimate of drug-likeness (QED) is 0.577. The van der Waals surface area contributed by atoms with Gasteiger partial charge in [0.2, 0.25) is 5.95 Å². The van der Waals surface area contributed by atoms with Gasteiger partial charge in [-0.2, -0.15) is 4.98 Å². The van der Waals surface area contributed by atoms with E-state index in [4.69, 9.17) is 5.84 Å². The Balaban J connectivity index is 2.12. The molecule has 0 saturated carbocycles. The molecule has 1 aliphatic rings. The van der Waals surface area contributed by atoms with Gasteiger partial charge >= 0.3 is 0 Å². The van der Waals surface area contributed by atoms with Crippen LogP contribution >= 0.6 is 0 Å². The summed E-state index contributed by atoms with van der Waals surface area (Å²) in [5, 5.41) is 0. The Bertz CT molecular complexity index is 372. The Morgan fingerprint density at radius 1 is 1.35 bits per heavy atom. The second-order valence-electron chi connectivity index (χ2n) is 4.27. The van der Waals surface area contributed by atoms with Crippen molar-refractivity contribution in [2.45, 2.75) is 13.8 Å². The third-order valence-electron chi connectivity index (χ3n) is 3.19. The molecule has 94 valence electrons. The molecule has 6 nitrogen and oxygen atoms in total. The van der Waals surface area contributed by atoms with Gasteiger partial charge in [0.1, 0.15) is 5.82 Å². The average molecular weight is 236 g/mol. The molecular formula is C11H20N6. The highest BCUT2D eigenvalue weighted by atomic mass is 15.3. The molecule has 2 rings (SSSR count). The first-order valence-electron chi connectivity index (χ1n) is 6.02. The predicted molar refractivity (Wildman–Crippen MR) is 68.9 cm³/mol. The van der Waals surface area contributed by atoms with Gasteiger partial charge in [0, 0.05) is 37.9 Å². The minimum atomic E-state index is 0.475. The second-order valence-corrected chi connectivity index (χ2v) is 4.27. The highest BCUT2D eigenvalue weighted by Crippen LogP contribution is 2.19. The predicted octanol–water partition coefficient (Wildman–Crippen LogP) is 0.213. The summed E-state index contributed by atoms with van der Waals surface area (Å²) in [6.07, 6.45) is 1.81. The number of rotatable bonds is 3. The van der Waals surface area contributed by atoms with Crippen molar-refractivity contribution >= 4 is 11.8 Å². The van der Waals surface area contributed by atoms with Gasteiger partial charge in [0.25, 0.3) is 0 Å². The van der Waals surface area contributed by atoms with Gasteiger partial charge in [0.05, 0.1) is 0 Å². The van der Waals surface area contributed by atoms with Crippen LogP contribution in [0.15, 0.2) is 6.20 Å². The minimum Gasteiger partial charge on any atom is -0.354 e. The van der Waals surface area contributed by atoms with Gasteiger partial charge in [-0.25, -0.2) is 10.8 Å². The summed E-state index contributed by atoms with van der Waals surface area (Å²) >= 11 is 0. The maximum Gasteiger partial charge on any atom is 0.239 e. The van der Waals surface area contributed by atoms with Crippen LogP contribution in [0.3, 0.4) is 0 Å². The fourth-order valence-corrected chi connectivity index (χ4v) is 2.10. The molecule has 0 atom stereocenters. The number of aryl methyl sites for hydroxylation is 1. The summed E-state index contributed by atoms with van der Waals surface area (Å²) in [4.78, 5) is 13.3. The summed E-state index contributed by atoms with van der Waals surface area (Å²) in [6.45, 7) is 9.54. The standard InChI is InChI=1S/C11H20N6/c1-3-16-4-6-17(7-5-16)10-9(2)8-13-11(14-10)15-12/h8H,3-7,12H2,1-2H3,(H,13,14,15). The lowest BCUT2D eigenvalue weighted by Gasteiger charge is -2.35. The molecule has 1 aromatic heterocycles. The molecule has 17 heavy (non-hydrogen) atoms. The van der Waals surface area contributed by atoms with E-state index >= 15 is 0 Å². The van der Waals surface area contributed by atoms with E-state index in [9.17, 15) is 0 Å². The average Bonchev–Trinajstić information content (AvgIpc) is 2.39. The lowest BCUT2D eigenvalue weighted by Crippen LogP contribution is -2.46. The van der Waals surface area contributed by atoms with Gasteiger partial charge in [0.15, 0.2) is 0 Å². The molecule has 6 heteroatoms. The molecule has 0 amide bonds. The van der Waals surface area contributed by atoms with E-state index in [0.29, 0.717) is 5.95 Å². The number of hydrogen-bond donors (Lipinski definition) is 2. The summed E-state index contributed by atoms with van der Waals surface area (Å²) in [5.74, 6) is 6.81. The van der Waals surface area contributed by atoms with Crippen LogP contribution in [0.4, 0.5) is 11.8 Å². The number of nitrogens with one attached hydrogen (secondary N) is 1. The molecule has 0 unspecified atom stereocenters. The third-order valence-corrected chi connectivity index (χ3v) is 3.19. The zero-order chi connectivity index (χ0) is 12.3. The summed E-state index contributed by atoms with van der Waals surface area (Å²) in [6, 6.07) is 0. The Kier molecular flexibility index (Phi) is 3.75. The summed E-state index contributed by atoms with van der Waals surface area (Å²) in [5.41, 5.74) is 3.59. The molecule has 0 aliphatic carbocycles. The van der Waals surface area contributed by atoms with Gasteiger partial charge in [-0.1, -0.05) is 6.92 Å². The van der Waals surface area contributed by atoms with Crippen LogP contribution in [-0.2, 0) is 0 Å². The fraction of sp³-hybridized carbons (Fsp3) is 0.636. The smallest absolute Gasteiger partial charge is 0.239 e. The van der Waals surface area contributed by atoms with Gasteiger partial charge < -0.3 is 9.80 Å². The van der Waals surface area contributed by atoms with Crippen molar-refractivity contribution in [3.05, 3.63) is 11.8 Å². The summed E-state index contributed by atoms with van der Waals surface area (Å²) in [7, 11) is 0. The Hall–Kier alpha value is -1.40. The molecule has 0 spiro atoms. The van der Waals surface area contributed by atoms with Crippen molar-refractivity contribution < 1.29 is 0 Å². The number of nitrogens with zero attached hydrogens (tertiary/aromatic N) is 4.